The second-order valence-electron chi connectivity index (χ2n) is 6.39. The van der Waals surface area contributed by atoms with Gasteiger partial charge in [-0.25, -0.2) is 0 Å². The minimum atomic E-state index is 0.441. The second kappa shape index (κ2) is 7.39. The Labute approximate surface area is 153 Å². The molecule has 0 unspecified atom stereocenters. The number of hydrogen-bond acceptors (Lipinski definition) is 6. The Bertz CT molecular complexity index is 916. The number of ether oxygens (including phenoxy) is 1. The average Bonchev–Trinajstić information content (AvgIpc) is 2.59. The number of aryl methyl sites for hydroxylation is 4. The molecule has 0 radical (unpaired) electrons. The highest BCUT2D eigenvalue weighted by atomic mass is 16.5. The number of nitrogens with zero attached hydrogens (tertiary/aromatic N) is 3. The van der Waals surface area contributed by atoms with Crippen molar-refractivity contribution in [1.29, 1.82) is 0 Å². The molecule has 1 aromatic heterocycles. The summed E-state index contributed by atoms with van der Waals surface area (Å²) in [6.07, 6.45) is 1.59. The lowest BCUT2D eigenvalue weighted by Crippen LogP contribution is -2.05. The molecule has 134 valence electrons. The van der Waals surface area contributed by atoms with Gasteiger partial charge in [-0.1, -0.05) is 23.8 Å². The SMILES string of the molecule is COc1ccc(C)cc1Nc1cnnc(Nc2c(C)cc(C)cc2C)n1. The Morgan fingerprint density at radius 1 is 0.885 bits per heavy atom. The zero-order chi connectivity index (χ0) is 18.7. The van der Waals surface area contributed by atoms with E-state index in [2.05, 4.69) is 58.7 Å². The predicted molar refractivity (Wildman–Crippen MR) is 105 cm³/mol. The van der Waals surface area contributed by atoms with Crippen LogP contribution in [0, 0.1) is 27.7 Å². The molecule has 0 spiro atoms. The first-order valence-electron chi connectivity index (χ1n) is 8.42. The number of benzene rings is 2. The lowest BCUT2D eigenvalue weighted by molar-refractivity contribution is 0.416. The monoisotopic (exact) mass is 349 g/mol. The molecular formula is C20H23N5O. The van der Waals surface area contributed by atoms with E-state index < -0.39 is 0 Å². The normalized spacial score (nSPS) is 10.5. The zero-order valence-electron chi connectivity index (χ0n) is 15.7. The fourth-order valence-electron chi connectivity index (χ4n) is 2.96. The van der Waals surface area contributed by atoms with Crippen LogP contribution in [0.3, 0.4) is 0 Å². The minimum Gasteiger partial charge on any atom is -0.495 e. The lowest BCUT2D eigenvalue weighted by atomic mass is 10.1. The van der Waals surface area contributed by atoms with Gasteiger partial charge in [0, 0.05) is 5.69 Å². The van der Waals surface area contributed by atoms with Gasteiger partial charge in [0.15, 0.2) is 5.82 Å². The zero-order valence-corrected chi connectivity index (χ0v) is 15.7. The molecule has 0 saturated carbocycles. The molecule has 2 N–H and O–H groups in total. The predicted octanol–water partition coefficient (Wildman–Crippen LogP) is 4.60. The summed E-state index contributed by atoms with van der Waals surface area (Å²) in [6, 6.07) is 10.2. The van der Waals surface area contributed by atoms with Crippen molar-refractivity contribution in [3.63, 3.8) is 0 Å². The highest BCUT2D eigenvalue weighted by molar-refractivity contribution is 5.67. The molecule has 6 heteroatoms. The molecular weight excluding hydrogens is 326 g/mol. The maximum atomic E-state index is 5.40. The smallest absolute Gasteiger partial charge is 0.249 e. The minimum absolute atomic E-state index is 0.441. The number of aromatic nitrogens is 3. The Morgan fingerprint density at radius 3 is 2.31 bits per heavy atom. The van der Waals surface area contributed by atoms with Crippen molar-refractivity contribution in [2.45, 2.75) is 27.7 Å². The van der Waals surface area contributed by atoms with E-state index in [0.717, 1.165) is 33.8 Å². The Hall–Kier alpha value is -3.15. The summed E-state index contributed by atoms with van der Waals surface area (Å²) in [5.74, 6) is 1.78. The standard InChI is InChI=1S/C20H23N5O/c1-12-6-7-17(26-5)16(10-12)22-18-11-21-25-20(23-18)24-19-14(3)8-13(2)9-15(19)4/h6-11H,1-5H3,(H2,22,23,24,25). The molecule has 26 heavy (non-hydrogen) atoms. The number of rotatable bonds is 5. The topological polar surface area (TPSA) is 72.0 Å². The molecule has 0 aliphatic heterocycles. The Balaban J connectivity index is 1.87. The van der Waals surface area contributed by atoms with Crippen LogP contribution in [0.2, 0.25) is 0 Å². The van der Waals surface area contributed by atoms with E-state index in [0.29, 0.717) is 11.8 Å². The third-order valence-corrected chi connectivity index (χ3v) is 4.09. The van der Waals surface area contributed by atoms with Gasteiger partial charge in [-0.2, -0.15) is 10.1 Å². The summed E-state index contributed by atoms with van der Waals surface area (Å²) in [6.45, 7) is 8.24. The Kier molecular flexibility index (Phi) is 5.02. The largest absolute Gasteiger partial charge is 0.495 e. The van der Waals surface area contributed by atoms with Gasteiger partial charge in [-0.3, -0.25) is 0 Å². The summed E-state index contributed by atoms with van der Waals surface area (Å²) < 4.78 is 5.40. The average molecular weight is 349 g/mol. The Morgan fingerprint density at radius 2 is 1.62 bits per heavy atom. The molecule has 0 fully saturated rings. The van der Waals surface area contributed by atoms with Crippen molar-refractivity contribution in [2.75, 3.05) is 17.7 Å². The van der Waals surface area contributed by atoms with Gasteiger partial charge in [0.05, 0.1) is 19.0 Å². The van der Waals surface area contributed by atoms with Crippen LogP contribution in [0.1, 0.15) is 22.3 Å². The van der Waals surface area contributed by atoms with Crippen molar-refractivity contribution in [3.8, 4) is 5.75 Å². The first-order valence-corrected chi connectivity index (χ1v) is 8.42. The lowest BCUT2D eigenvalue weighted by Gasteiger charge is -2.14. The van der Waals surface area contributed by atoms with Crippen molar-refractivity contribution in [2.24, 2.45) is 0 Å². The van der Waals surface area contributed by atoms with Gasteiger partial charge < -0.3 is 15.4 Å². The van der Waals surface area contributed by atoms with Gasteiger partial charge in [0.25, 0.3) is 0 Å². The van der Waals surface area contributed by atoms with Crippen molar-refractivity contribution in [1.82, 2.24) is 15.2 Å². The highest BCUT2D eigenvalue weighted by Gasteiger charge is 2.09. The van der Waals surface area contributed by atoms with Crippen molar-refractivity contribution >= 4 is 23.1 Å². The van der Waals surface area contributed by atoms with E-state index in [-0.39, 0.29) is 0 Å². The molecule has 0 atom stereocenters. The quantitative estimate of drug-likeness (QED) is 0.701. The van der Waals surface area contributed by atoms with Crippen LogP contribution < -0.4 is 15.4 Å². The third-order valence-electron chi connectivity index (χ3n) is 4.09. The molecule has 0 bridgehead atoms. The number of hydrogen-bond donors (Lipinski definition) is 2. The van der Waals surface area contributed by atoms with Crippen molar-refractivity contribution in [3.05, 3.63) is 58.8 Å². The molecule has 3 aromatic rings. The molecule has 0 aliphatic carbocycles. The molecule has 0 amide bonds. The van der Waals surface area contributed by atoms with E-state index in [9.17, 15) is 0 Å². The maximum Gasteiger partial charge on any atom is 0.249 e. The molecule has 2 aromatic carbocycles. The van der Waals surface area contributed by atoms with Crippen molar-refractivity contribution < 1.29 is 4.74 Å². The van der Waals surface area contributed by atoms with Crippen LogP contribution in [0.4, 0.5) is 23.1 Å². The molecule has 0 saturated heterocycles. The first kappa shape index (κ1) is 17.7. The van der Waals surface area contributed by atoms with Crippen LogP contribution in [0.5, 0.6) is 5.75 Å². The maximum absolute atomic E-state index is 5.40. The van der Waals surface area contributed by atoms with Gasteiger partial charge in [-0.05, 0) is 56.5 Å². The third kappa shape index (κ3) is 3.91. The van der Waals surface area contributed by atoms with E-state index in [1.807, 2.05) is 25.1 Å². The fourth-order valence-corrected chi connectivity index (χ4v) is 2.96. The summed E-state index contributed by atoms with van der Waals surface area (Å²) >= 11 is 0. The fraction of sp³-hybridized carbons (Fsp3) is 0.250. The van der Waals surface area contributed by atoms with E-state index in [4.69, 9.17) is 4.74 Å². The molecule has 1 heterocycles. The number of nitrogens with one attached hydrogen (secondary N) is 2. The van der Waals surface area contributed by atoms with Gasteiger partial charge in [0.2, 0.25) is 5.95 Å². The van der Waals surface area contributed by atoms with Gasteiger partial charge in [-0.15, -0.1) is 5.10 Å². The number of methoxy groups -OCH3 is 1. The van der Waals surface area contributed by atoms with Crippen LogP contribution in [0.25, 0.3) is 0 Å². The van der Waals surface area contributed by atoms with Gasteiger partial charge in [0.1, 0.15) is 5.75 Å². The molecule has 0 aliphatic rings. The van der Waals surface area contributed by atoms with E-state index in [1.54, 1.807) is 13.3 Å². The van der Waals surface area contributed by atoms with Crippen LogP contribution in [-0.4, -0.2) is 22.3 Å². The summed E-state index contributed by atoms with van der Waals surface area (Å²) in [4.78, 5) is 4.52. The highest BCUT2D eigenvalue weighted by Crippen LogP contribution is 2.28. The van der Waals surface area contributed by atoms with Crippen LogP contribution in [0.15, 0.2) is 36.5 Å². The number of anilines is 4. The first-order chi connectivity index (χ1) is 12.5. The summed E-state index contributed by atoms with van der Waals surface area (Å²) in [5.41, 5.74) is 6.48. The van der Waals surface area contributed by atoms with E-state index >= 15 is 0 Å². The van der Waals surface area contributed by atoms with Crippen LogP contribution in [-0.2, 0) is 0 Å². The molecule has 3 rings (SSSR count). The van der Waals surface area contributed by atoms with Crippen LogP contribution >= 0.6 is 0 Å². The van der Waals surface area contributed by atoms with E-state index in [1.165, 1.54) is 5.56 Å². The summed E-state index contributed by atoms with van der Waals surface area (Å²) in [5, 5.41) is 14.7. The summed E-state index contributed by atoms with van der Waals surface area (Å²) in [7, 11) is 1.64. The second-order valence-corrected chi connectivity index (χ2v) is 6.39. The molecule has 6 nitrogen and oxygen atoms in total. The van der Waals surface area contributed by atoms with Gasteiger partial charge >= 0.3 is 0 Å².